The molecule has 0 saturated heterocycles. The smallest absolute Gasteiger partial charge is 0.133 e. The van der Waals surface area contributed by atoms with E-state index in [0.29, 0.717) is 6.42 Å². The Morgan fingerprint density at radius 1 is 1.26 bits per heavy atom. The van der Waals surface area contributed by atoms with Gasteiger partial charge in [0.1, 0.15) is 5.82 Å². The van der Waals surface area contributed by atoms with Crippen molar-refractivity contribution in [1.29, 1.82) is 0 Å². The van der Waals surface area contributed by atoms with Gasteiger partial charge in [0.25, 0.3) is 0 Å². The van der Waals surface area contributed by atoms with Gasteiger partial charge in [-0.15, -0.1) is 11.3 Å². The first-order valence-electron chi connectivity index (χ1n) is 5.83. The summed E-state index contributed by atoms with van der Waals surface area (Å²) in [5.74, 6) is 0.818. The number of fused-ring (bicyclic) bond motifs is 1. The van der Waals surface area contributed by atoms with Crippen LogP contribution in [0.5, 0.6) is 0 Å². The maximum Gasteiger partial charge on any atom is 0.133 e. The highest BCUT2D eigenvalue weighted by Crippen LogP contribution is 2.25. The van der Waals surface area contributed by atoms with Crippen LogP contribution in [0.15, 0.2) is 35.8 Å². The average molecular weight is 382 g/mol. The highest BCUT2D eigenvalue weighted by molar-refractivity contribution is 14.1. The zero-order valence-electron chi connectivity index (χ0n) is 10.0. The second-order valence-electron chi connectivity index (χ2n) is 4.24. The largest absolute Gasteiger partial charge is 0.392 e. The van der Waals surface area contributed by atoms with E-state index < -0.39 is 0 Å². The second-order valence-corrected chi connectivity index (χ2v) is 6.31. The van der Waals surface area contributed by atoms with E-state index in [4.69, 9.17) is 5.11 Å². The molecule has 0 aliphatic carbocycles. The van der Waals surface area contributed by atoms with Crippen LogP contribution in [0, 0.1) is 3.57 Å². The van der Waals surface area contributed by atoms with Crippen LogP contribution in [0.1, 0.15) is 17.0 Å². The fraction of sp³-hybridized carbons (Fsp3) is 0.143. The fourth-order valence-electron chi connectivity index (χ4n) is 1.94. The number of halogens is 1. The lowest BCUT2D eigenvalue weighted by molar-refractivity contribution is 0.281. The first-order valence-corrected chi connectivity index (χ1v) is 7.79. The number of aromatic nitrogens is 2. The minimum absolute atomic E-state index is 0.0656. The summed E-state index contributed by atoms with van der Waals surface area (Å²) in [5.41, 5.74) is 3.08. The Labute approximate surface area is 128 Å². The summed E-state index contributed by atoms with van der Waals surface area (Å²) in [6, 6.07) is 7.89. The first kappa shape index (κ1) is 13.0. The summed E-state index contributed by atoms with van der Waals surface area (Å²) in [6.07, 6.45) is 2.58. The van der Waals surface area contributed by atoms with E-state index in [-0.39, 0.29) is 6.61 Å². The lowest BCUT2D eigenvalue weighted by atomic mass is 10.1. The molecule has 0 aliphatic heterocycles. The summed E-state index contributed by atoms with van der Waals surface area (Å²) in [5, 5.41) is 11.2. The van der Waals surface area contributed by atoms with Gasteiger partial charge >= 0.3 is 0 Å². The molecule has 0 saturated carbocycles. The van der Waals surface area contributed by atoms with E-state index in [1.807, 2.05) is 30.5 Å². The van der Waals surface area contributed by atoms with Crippen LogP contribution >= 0.6 is 33.9 Å². The Bertz CT molecular complexity index is 726. The summed E-state index contributed by atoms with van der Waals surface area (Å²) >= 11 is 3.97. The van der Waals surface area contributed by atoms with E-state index in [1.54, 1.807) is 11.3 Å². The molecule has 0 radical (unpaired) electrons. The van der Waals surface area contributed by atoms with E-state index in [9.17, 15) is 0 Å². The lowest BCUT2D eigenvalue weighted by Gasteiger charge is -2.03. The Kier molecular flexibility index (Phi) is 3.76. The fourth-order valence-corrected chi connectivity index (χ4v) is 3.64. The quantitative estimate of drug-likeness (QED) is 0.707. The van der Waals surface area contributed by atoms with Crippen molar-refractivity contribution in [3.05, 3.63) is 56.4 Å². The first-order chi connectivity index (χ1) is 9.26. The number of aliphatic hydroxyl groups excluding tert-OH is 1. The normalized spacial score (nSPS) is 11.1. The second kappa shape index (κ2) is 5.52. The van der Waals surface area contributed by atoms with Crippen molar-refractivity contribution in [3.8, 4) is 0 Å². The number of aliphatic hydroxyl groups is 1. The Balaban J connectivity index is 1.93. The number of benzene rings is 1. The molecule has 0 atom stereocenters. The van der Waals surface area contributed by atoms with Crippen LogP contribution in [0.25, 0.3) is 10.2 Å². The third-order valence-electron chi connectivity index (χ3n) is 2.86. The zero-order valence-corrected chi connectivity index (χ0v) is 13.0. The van der Waals surface area contributed by atoms with Gasteiger partial charge in [-0.2, -0.15) is 0 Å². The number of hydrogen-bond donors (Lipinski definition) is 1. The molecular formula is C14H11IN2OS. The van der Waals surface area contributed by atoms with Gasteiger partial charge in [-0.05, 0) is 33.7 Å². The number of rotatable bonds is 3. The monoisotopic (exact) mass is 382 g/mol. The molecule has 3 aromatic rings. The molecule has 0 bridgehead atoms. The standard InChI is InChI=1S/C14H11IN2OS/c15-11-8-19-12-6-16-13(17-14(11)12)5-9-2-1-3-10(4-9)7-18/h1-4,6,8,18H,5,7H2. The van der Waals surface area contributed by atoms with Crippen molar-refractivity contribution in [2.75, 3.05) is 0 Å². The average Bonchev–Trinajstić information content (AvgIpc) is 2.80. The molecule has 1 N–H and O–H groups in total. The number of thiophene rings is 1. The van der Waals surface area contributed by atoms with Crippen molar-refractivity contribution in [2.45, 2.75) is 13.0 Å². The lowest BCUT2D eigenvalue weighted by Crippen LogP contribution is -1.97. The molecule has 0 unspecified atom stereocenters. The molecule has 0 fully saturated rings. The third kappa shape index (κ3) is 2.77. The predicted molar refractivity (Wildman–Crippen MR) is 85.3 cm³/mol. The number of hydrogen-bond acceptors (Lipinski definition) is 4. The zero-order chi connectivity index (χ0) is 13.2. The van der Waals surface area contributed by atoms with Gasteiger partial charge in [0.05, 0.1) is 20.4 Å². The van der Waals surface area contributed by atoms with Crippen molar-refractivity contribution >= 4 is 44.1 Å². The molecule has 2 heterocycles. The molecule has 0 aliphatic rings. The van der Waals surface area contributed by atoms with E-state index in [0.717, 1.165) is 27.2 Å². The molecule has 3 nitrogen and oxygen atoms in total. The Morgan fingerprint density at radius 3 is 2.95 bits per heavy atom. The molecule has 1 aromatic carbocycles. The van der Waals surface area contributed by atoms with E-state index in [2.05, 4.69) is 37.9 Å². The summed E-state index contributed by atoms with van der Waals surface area (Å²) < 4.78 is 2.29. The minimum atomic E-state index is 0.0656. The SMILES string of the molecule is OCc1cccc(Cc2ncc3scc(I)c3n2)c1. The van der Waals surface area contributed by atoms with Crippen molar-refractivity contribution in [1.82, 2.24) is 9.97 Å². The molecule has 0 amide bonds. The van der Waals surface area contributed by atoms with E-state index in [1.165, 1.54) is 3.57 Å². The molecule has 3 rings (SSSR count). The topological polar surface area (TPSA) is 46.0 Å². The van der Waals surface area contributed by atoms with Crippen LogP contribution < -0.4 is 0 Å². The van der Waals surface area contributed by atoms with Gasteiger partial charge in [-0.25, -0.2) is 9.97 Å². The van der Waals surface area contributed by atoms with Gasteiger partial charge in [0, 0.05) is 18.0 Å². The third-order valence-corrected chi connectivity index (χ3v) is 5.01. The van der Waals surface area contributed by atoms with Crippen molar-refractivity contribution < 1.29 is 5.11 Å². The van der Waals surface area contributed by atoms with Crippen LogP contribution in [0.3, 0.4) is 0 Å². The Hall–Kier alpha value is -1.05. The maximum atomic E-state index is 9.15. The van der Waals surface area contributed by atoms with Gasteiger partial charge in [-0.3, -0.25) is 0 Å². The minimum Gasteiger partial charge on any atom is -0.392 e. The molecule has 2 aromatic heterocycles. The van der Waals surface area contributed by atoms with Crippen molar-refractivity contribution in [3.63, 3.8) is 0 Å². The van der Waals surface area contributed by atoms with Gasteiger partial charge in [-0.1, -0.05) is 24.3 Å². The molecular weight excluding hydrogens is 371 g/mol. The van der Waals surface area contributed by atoms with Crippen molar-refractivity contribution in [2.24, 2.45) is 0 Å². The predicted octanol–water partition coefficient (Wildman–Crippen LogP) is 3.38. The molecule has 0 spiro atoms. The Morgan fingerprint density at radius 2 is 2.11 bits per heavy atom. The van der Waals surface area contributed by atoms with E-state index >= 15 is 0 Å². The summed E-state index contributed by atoms with van der Waals surface area (Å²) in [7, 11) is 0. The van der Waals surface area contributed by atoms with Gasteiger partial charge in [0.15, 0.2) is 0 Å². The summed E-state index contributed by atoms with van der Waals surface area (Å²) in [4.78, 5) is 9.02. The summed E-state index contributed by atoms with van der Waals surface area (Å²) in [6.45, 7) is 0.0656. The van der Waals surface area contributed by atoms with Crippen LogP contribution in [0.2, 0.25) is 0 Å². The highest BCUT2D eigenvalue weighted by Gasteiger charge is 2.06. The number of nitrogens with zero attached hydrogens (tertiary/aromatic N) is 2. The highest BCUT2D eigenvalue weighted by atomic mass is 127. The van der Waals surface area contributed by atoms with Gasteiger partial charge in [0.2, 0.25) is 0 Å². The van der Waals surface area contributed by atoms with Crippen LogP contribution in [0.4, 0.5) is 0 Å². The van der Waals surface area contributed by atoms with Crippen LogP contribution in [-0.2, 0) is 13.0 Å². The molecule has 19 heavy (non-hydrogen) atoms. The maximum absolute atomic E-state index is 9.15. The molecule has 5 heteroatoms. The van der Waals surface area contributed by atoms with Crippen LogP contribution in [-0.4, -0.2) is 15.1 Å². The molecule has 96 valence electrons. The van der Waals surface area contributed by atoms with Gasteiger partial charge < -0.3 is 5.11 Å².